The molecule has 1 aromatic carbocycles. The van der Waals surface area contributed by atoms with Crippen LogP contribution in [-0.2, 0) is 4.74 Å². The van der Waals surface area contributed by atoms with E-state index in [0.717, 1.165) is 5.56 Å². The second-order valence-electron chi connectivity index (χ2n) is 4.60. The molecular weight excluding hydrogens is 330 g/mol. The van der Waals surface area contributed by atoms with Crippen LogP contribution < -0.4 is 11.2 Å². The highest BCUT2D eigenvalue weighted by molar-refractivity contribution is 5.90. The van der Waals surface area contributed by atoms with Crippen molar-refractivity contribution in [2.75, 3.05) is 6.61 Å². The third kappa shape index (κ3) is 5.16. The molecule has 2 rings (SSSR count). The monoisotopic (exact) mass is 345 g/mol. The molecule has 0 radical (unpaired) electrons. The minimum absolute atomic E-state index is 0.311. The Bertz CT molecular complexity index is 810. The largest absolute Gasteiger partial charge is 0.462 e. The van der Waals surface area contributed by atoms with Crippen molar-refractivity contribution in [1.82, 2.24) is 5.43 Å². The smallest absolute Gasteiger partial charge is 0.338 e. The van der Waals surface area contributed by atoms with E-state index in [1.165, 1.54) is 6.21 Å². The van der Waals surface area contributed by atoms with E-state index in [2.05, 4.69) is 10.2 Å². The van der Waals surface area contributed by atoms with Crippen LogP contribution in [0.5, 0.6) is 0 Å². The molecule has 10 heteroatoms. The lowest BCUT2D eigenvalue weighted by Crippen LogP contribution is -2.35. The summed E-state index contributed by atoms with van der Waals surface area (Å²) < 4.78 is 10.5. The Kier molecular flexibility index (Phi) is 5.82. The molecule has 0 aliphatic carbocycles. The van der Waals surface area contributed by atoms with Crippen molar-refractivity contribution in [2.24, 2.45) is 15.9 Å². The summed E-state index contributed by atoms with van der Waals surface area (Å²) in [4.78, 5) is 21.7. The number of nitrogens with two attached hydrogens (primary N) is 1. The number of esters is 1. The van der Waals surface area contributed by atoms with E-state index in [1.807, 2.05) is 0 Å². The third-order valence-electron chi connectivity index (χ3n) is 2.86. The fourth-order valence-electron chi connectivity index (χ4n) is 1.83. The molecule has 130 valence electrons. The highest BCUT2D eigenvalue weighted by Crippen LogP contribution is 2.22. The van der Waals surface area contributed by atoms with Gasteiger partial charge < -0.3 is 14.9 Å². The Morgan fingerprint density at radius 2 is 2.08 bits per heavy atom. The summed E-state index contributed by atoms with van der Waals surface area (Å²) >= 11 is 0. The van der Waals surface area contributed by atoms with Gasteiger partial charge in [-0.05, 0) is 31.2 Å². The van der Waals surface area contributed by atoms with Gasteiger partial charge in [-0.25, -0.2) is 14.9 Å². The zero-order chi connectivity index (χ0) is 18.2. The molecule has 0 bridgehead atoms. The number of carbonyl (C=O) groups excluding carboxylic acids is 1. The van der Waals surface area contributed by atoms with Crippen LogP contribution in [0.2, 0.25) is 0 Å². The maximum absolute atomic E-state index is 11.6. The first kappa shape index (κ1) is 17.7. The van der Waals surface area contributed by atoms with Gasteiger partial charge in [-0.2, -0.15) is 5.10 Å². The summed E-state index contributed by atoms with van der Waals surface area (Å²) in [6, 6.07) is 10.1. The van der Waals surface area contributed by atoms with E-state index in [4.69, 9.17) is 14.9 Å². The second kappa shape index (κ2) is 8.24. The van der Waals surface area contributed by atoms with E-state index < -0.39 is 11.0 Å². The predicted molar refractivity (Wildman–Crippen MR) is 89.4 cm³/mol. The number of furan rings is 1. The van der Waals surface area contributed by atoms with E-state index in [1.54, 1.807) is 48.7 Å². The maximum Gasteiger partial charge on any atom is 0.338 e. The van der Waals surface area contributed by atoms with Crippen LogP contribution in [0.4, 0.5) is 0 Å². The average Bonchev–Trinajstić information content (AvgIpc) is 3.03. The van der Waals surface area contributed by atoms with Crippen LogP contribution in [0, 0.1) is 10.1 Å². The molecule has 0 saturated carbocycles. The minimum Gasteiger partial charge on any atom is -0.462 e. The van der Waals surface area contributed by atoms with Crippen LogP contribution in [-0.4, -0.2) is 29.8 Å². The first-order chi connectivity index (χ1) is 12.0. The summed E-state index contributed by atoms with van der Waals surface area (Å²) in [6.07, 6.45) is 1.25. The highest BCUT2D eigenvalue weighted by Gasteiger charge is 2.08. The van der Waals surface area contributed by atoms with Gasteiger partial charge in [-0.3, -0.25) is 0 Å². The van der Waals surface area contributed by atoms with E-state index >= 15 is 0 Å². The van der Waals surface area contributed by atoms with Gasteiger partial charge >= 0.3 is 5.97 Å². The van der Waals surface area contributed by atoms with Gasteiger partial charge in [0.1, 0.15) is 11.5 Å². The standard InChI is InChI=1S/C15H15N5O5/c1-2-24-14(21)11-5-3-10(4-6-11)13-8-7-12(25-13)9-17-18-15(16)19-20(22)23/h3-9H,2H2,1H3,(H3,16,18,19)/b17-9-. The Labute approximate surface area is 142 Å². The maximum atomic E-state index is 11.6. The molecule has 3 N–H and O–H groups in total. The lowest BCUT2D eigenvalue weighted by atomic mass is 10.1. The van der Waals surface area contributed by atoms with Crippen molar-refractivity contribution in [1.29, 1.82) is 0 Å². The van der Waals surface area contributed by atoms with E-state index in [-0.39, 0.29) is 5.97 Å². The Balaban J connectivity index is 2.05. The SMILES string of the molecule is CCOC(=O)c1ccc(-c2ccc(/C=N\N=C(N)N[N+](=O)[O-])o2)cc1. The topological polar surface area (TPSA) is 145 Å². The fourth-order valence-corrected chi connectivity index (χ4v) is 1.83. The van der Waals surface area contributed by atoms with Gasteiger partial charge in [0.25, 0.3) is 5.96 Å². The number of benzene rings is 1. The van der Waals surface area contributed by atoms with Gasteiger partial charge in [0.15, 0.2) is 5.03 Å². The molecule has 0 unspecified atom stereocenters. The second-order valence-corrected chi connectivity index (χ2v) is 4.60. The number of carbonyl (C=O) groups is 1. The van der Waals surface area contributed by atoms with Crippen LogP contribution in [0.15, 0.2) is 51.0 Å². The summed E-state index contributed by atoms with van der Waals surface area (Å²) in [7, 11) is 0. The van der Waals surface area contributed by atoms with Crippen molar-refractivity contribution in [3.05, 3.63) is 57.8 Å². The Morgan fingerprint density at radius 3 is 2.72 bits per heavy atom. The minimum atomic E-state index is -0.848. The van der Waals surface area contributed by atoms with Gasteiger partial charge in [0.05, 0.1) is 18.4 Å². The van der Waals surface area contributed by atoms with Crippen molar-refractivity contribution >= 4 is 18.1 Å². The quantitative estimate of drug-likeness (QED) is 0.265. The molecule has 0 amide bonds. The van der Waals surface area contributed by atoms with Gasteiger partial charge in [-0.1, -0.05) is 17.6 Å². The predicted octanol–water partition coefficient (Wildman–Crippen LogP) is 1.55. The van der Waals surface area contributed by atoms with Crippen molar-refractivity contribution < 1.29 is 19.0 Å². The number of nitrogens with one attached hydrogen (secondary N) is 1. The number of hydrogen-bond donors (Lipinski definition) is 2. The van der Waals surface area contributed by atoms with E-state index in [0.29, 0.717) is 23.7 Å². The molecule has 0 fully saturated rings. The summed E-state index contributed by atoms with van der Waals surface area (Å²) in [5, 5.41) is 16.3. The molecule has 0 atom stereocenters. The van der Waals surface area contributed by atoms with Gasteiger partial charge in [0.2, 0.25) is 0 Å². The van der Waals surface area contributed by atoms with Crippen molar-refractivity contribution in [3.63, 3.8) is 0 Å². The van der Waals surface area contributed by atoms with E-state index in [9.17, 15) is 14.9 Å². The Hall–Kier alpha value is -3.69. The summed E-state index contributed by atoms with van der Waals surface area (Å²) in [5.41, 5.74) is 8.06. The van der Waals surface area contributed by atoms with Gasteiger partial charge in [-0.15, -0.1) is 5.10 Å². The number of nitrogens with zero attached hydrogens (tertiary/aromatic N) is 3. The number of nitro groups is 1. The Morgan fingerprint density at radius 1 is 1.36 bits per heavy atom. The van der Waals surface area contributed by atoms with Crippen molar-refractivity contribution in [2.45, 2.75) is 6.92 Å². The third-order valence-corrected chi connectivity index (χ3v) is 2.86. The molecule has 25 heavy (non-hydrogen) atoms. The number of ether oxygens (including phenoxy) is 1. The number of guanidine groups is 1. The molecule has 0 spiro atoms. The lowest BCUT2D eigenvalue weighted by Gasteiger charge is -2.02. The zero-order valence-electron chi connectivity index (χ0n) is 13.2. The van der Waals surface area contributed by atoms with Crippen LogP contribution in [0.25, 0.3) is 11.3 Å². The van der Waals surface area contributed by atoms with Gasteiger partial charge in [0, 0.05) is 5.56 Å². The van der Waals surface area contributed by atoms with Crippen molar-refractivity contribution in [3.8, 4) is 11.3 Å². The zero-order valence-corrected chi connectivity index (χ0v) is 13.2. The van der Waals surface area contributed by atoms with Crippen LogP contribution in [0.1, 0.15) is 23.0 Å². The normalized spacial score (nSPS) is 11.5. The number of hydrogen-bond acceptors (Lipinski definition) is 7. The first-order valence-electron chi connectivity index (χ1n) is 7.14. The number of rotatable bonds is 6. The molecular formula is C15H15N5O5. The first-order valence-corrected chi connectivity index (χ1v) is 7.14. The average molecular weight is 345 g/mol. The molecule has 0 aliphatic rings. The van der Waals surface area contributed by atoms with Crippen LogP contribution >= 0.6 is 0 Å². The molecule has 0 saturated heterocycles. The highest BCUT2D eigenvalue weighted by atomic mass is 16.7. The molecule has 2 aromatic rings. The summed E-state index contributed by atoms with van der Waals surface area (Å²) in [6.45, 7) is 2.05. The molecule has 0 aliphatic heterocycles. The van der Waals surface area contributed by atoms with Crippen LogP contribution in [0.3, 0.4) is 0 Å². The molecule has 10 nitrogen and oxygen atoms in total. The lowest BCUT2D eigenvalue weighted by molar-refractivity contribution is -0.525. The molecule has 1 aromatic heterocycles. The fraction of sp³-hybridized carbons (Fsp3) is 0.133. The number of hydrazine groups is 1. The molecule has 1 heterocycles. The summed E-state index contributed by atoms with van der Waals surface area (Å²) in [5.74, 6) is 0.0852.